The van der Waals surface area contributed by atoms with E-state index in [0.717, 1.165) is 17.9 Å². The Morgan fingerprint density at radius 3 is 2.71 bits per heavy atom. The number of thioether (sulfide) groups is 2. The Morgan fingerprint density at radius 1 is 1.43 bits per heavy atom. The first kappa shape index (κ1) is 16.5. The molecule has 0 bridgehead atoms. The van der Waals surface area contributed by atoms with Gasteiger partial charge in [0.1, 0.15) is 11.2 Å². The lowest BCUT2D eigenvalue weighted by atomic mass is 10.1. The molecule has 116 valence electrons. The minimum absolute atomic E-state index is 0.0700. The predicted molar refractivity (Wildman–Crippen MR) is 76.7 cm³/mol. The molecule has 0 aliphatic carbocycles. The monoisotopic (exact) mass is 339 g/mol. The normalized spacial score (nSPS) is 19.4. The molecule has 1 unspecified atom stereocenters. The van der Waals surface area contributed by atoms with Crippen LogP contribution in [0, 0.1) is 5.82 Å². The van der Waals surface area contributed by atoms with Crippen LogP contribution in [0.5, 0.6) is 0 Å². The fourth-order valence-corrected chi connectivity index (χ4v) is 3.66. The molecule has 0 N–H and O–H groups in total. The lowest BCUT2D eigenvalue weighted by molar-refractivity contribution is -0.140. The quantitative estimate of drug-likeness (QED) is 0.779. The molecule has 1 amide bonds. The number of amides is 1. The second-order valence-corrected chi connectivity index (χ2v) is 6.53. The van der Waals surface area contributed by atoms with Crippen LogP contribution in [-0.4, -0.2) is 35.1 Å². The summed E-state index contributed by atoms with van der Waals surface area (Å²) >= 11 is 2.87. The first-order chi connectivity index (χ1) is 9.84. The maximum Gasteiger partial charge on any atom is 0.419 e. The third-order valence-corrected chi connectivity index (χ3v) is 4.93. The number of rotatable bonds is 4. The molecule has 2 rings (SSSR count). The number of halogens is 4. The van der Waals surface area contributed by atoms with Gasteiger partial charge in [0.15, 0.2) is 0 Å². The highest BCUT2D eigenvalue weighted by atomic mass is 32.2. The highest BCUT2D eigenvalue weighted by Crippen LogP contribution is 2.40. The van der Waals surface area contributed by atoms with E-state index in [0.29, 0.717) is 12.1 Å². The van der Waals surface area contributed by atoms with Crippen molar-refractivity contribution in [2.24, 2.45) is 0 Å². The number of carbonyl (C=O) groups is 1. The van der Waals surface area contributed by atoms with Gasteiger partial charge in [-0.3, -0.25) is 4.79 Å². The Labute approximate surface area is 128 Å². The minimum Gasteiger partial charge on any atom is -0.325 e. The molecule has 0 aromatic heterocycles. The maximum absolute atomic E-state index is 13.6. The summed E-state index contributed by atoms with van der Waals surface area (Å²) in [5.41, 5.74) is -0.895. The number of alkyl halides is 3. The Kier molecular flexibility index (Phi) is 5.08. The van der Waals surface area contributed by atoms with Crippen molar-refractivity contribution in [3.05, 3.63) is 35.1 Å². The molecule has 21 heavy (non-hydrogen) atoms. The molecule has 2 nitrogen and oxygen atoms in total. The molecule has 0 spiro atoms. The first-order valence-corrected chi connectivity index (χ1v) is 8.55. The zero-order valence-corrected chi connectivity index (χ0v) is 12.7. The molecule has 1 aliphatic rings. The van der Waals surface area contributed by atoms with Crippen LogP contribution in [0.4, 0.5) is 17.6 Å². The average Bonchev–Trinajstić information content (AvgIpc) is 2.76. The highest BCUT2D eigenvalue weighted by molar-refractivity contribution is 8.00. The van der Waals surface area contributed by atoms with E-state index in [1.807, 2.05) is 6.26 Å². The van der Waals surface area contributed by atoms with Crippen LogP contribution in [0.15, 0.2) is 18.2 Å². The van der Waals surface area contributed by atoms with Gasteiger partial charge in [-0.2, -0.15) is 24.9 Å². The summed E-state index contributed by atoms with van der Waals surface area (Å²) in [4.78, 5) is 13.4. The van der Waals surface area contributed by atoms with Crippen LogP contribution in [0.3, 0.4) is 0 Å². The molecular weight excluding hydrogens is 326 g/mol. The van der Waals surface area contributed by atoms with E-state index in [1.54, 1.807) is 16.7 Å². The van der Waals surface area contributed by atoms with Gasteiger partial charge in [0, 0.05) is 12.3 Å². The molecule has 8 heteroatoms. The van der Waals surface area contributed by atoms with E-state index in [-0.39, 0.29) is 11.7 Å². The smallest absolute Gasteiger partial charge is 0.325 e. The van der Waals surface area contributed by atoms with E-state index < -0.39 is 22.9 Å². The zero-order chi connectivity index (χ0) is 15.6. The molecule has 0 saturated carbocycles. The largest absolute Gasteiger partial charge is 0.419 e. The standard InChI is InChI=1S/C13H13F4NOS2/c1-20-5-4-18-11(19)7-21-12(18)8-2-3-9(10(14)6-8)13(15,16)17/h2-3,6,12H,4-5,7H2,1H3. The van der Waals surface area contributed by atoms with Crippen LogP contribution in [0.25, 0.3) is 0 Å². The van der Waals surface area contributed by atoms with Crippen LogP contribution in [-0.2, 0) is 11.0 Å². The van der Waals surface area contributed by atoms with Gasteiger partial charge in [-0.25, -0.2) is 4.39 Å². The van der Waals surface area contributed by atoms with Crippen molar-refractivity contribution in [2.45, 2.75) is 11.6 Å². The Bertz CT molecular complexity index is 535. The number of benzene rings is 1. The fourth-order valence-electron chi connectivity index (χ4n) is 2.08. The summed E-state index contributed by atoms with van der Waals surface area (Å²) < 4.78 is 51.3. The molecule has 0 radical (unpaired) electrons. The van der Waals surface area contributed by atoms with Crippen molar-refractivity contribution in [1.29, 1.82) is 0 Å². The molecular formula is C13H13F4NOS2. The molecule has 1 atom stereocenters. The number of hydrogen-bond acceptors (Lipinski definition) is 3. The summed E-state index contributed by atoms with van der Waals surface area (Å²) in [5.74, 6) is -0.378. The lowest BCUT2D eigenvalue weighted by Crippen LogP contribution is -2.30. The summed E-state index contributed by atoms with van der Waals surface area (Å²) in [6, 6.07) is 2.86. The predicted octanol–water partition coefficient (Wildman–Crippen LogP) is 3.78. The highest BCUT2D eigenvalue weighted by Gasteiger charge is 2.36. The van der Waals surface area contributed by atoms with Crippen LogP contribution in [0.1, 0.15) is 16.5 Å². The molecule has 1 saturated heterocycles. The van der Waals surface area contributed by atoms with Crippen molar-refractivity contribution >= 4 is 29.4 Å². The van der Waals surface area contributed by atoms with E-state index in [2.05, 4.69) is 0 Å². The fraction of sp³-hybridized carbons (Fsp3) is 0.462. The zero-order valence-electron chi connectivity index (χ0n) is 11.1. The summed E-state index contributed by atoms with van der Waals surface area (Å²) in [6.45, 7) is 0.500. The molecule has 1 fully saturated rings. The van der Waals surface area contributed by atoms with Crippen molar-refractivity contribution in [2.75, 3.05) is 24.3 Å². The number of carbonyl (C=O) groups excluding carboxylic acids is 1. The summed E-state index contributed by atoms with van der Waals surface area (Å²) in [6.07, 6.45) is -2.81. The maximum atomic E-state index is 13.6. The van der Waals surface area contributed by atoms with E-state index in [1.165, 1.54) is 17.8 Å². The topological polar surface area (TPSA) is 20.3 Å². The third-order valence-electron chi connectivity index (χ3n) is 3.09. The first-order valence-electron chi connectivity index (χ1n) is 6.11. The molecule has 1 heterocycles. The van der Waals surface area contributed by atoms with Crippen LogP contribution in [0.2, 0.25) is 0 Å². The van der Waals surface area contributed by atoms with Crippen molar-refractivity contribution in [1.82, 2.24) is 4.90 Å². The minimum atomic E-state index is -4.71. The van der Waals surface area contributed by atoms with Crippen LogP contribution < -0.4 is 0 Å². The van der Waals surface area contributed by atoms with Gasteiger partial charge in [-0.05, 0) is 24.0 Å². The average molecular weight is 339 g/mol. The molecule has 1 aliphatic heterocycles. The number of hydrogen-bond donors (Lipinski definition) is 0. The van der Waals surface area contributed by atoms with E-state index >= 15 is 0 Å². The Balaban J connectivity index is 2.25. The van der Waals surface area contributed by atoms with E-state index in [4.69, 9.17) is 0 Å². The van der Waals surface area contributed by atoms with Crippen molar-refractivity contribution in [3.63, 3.8) is 0 Å². The van der Waals surface area contributed by atoms with Gasteiger partial charge in [-0.1, -0.05) is 6.07 Å². The van der Waals surface area contributed by atoms with Gasteiger partial charge in [0.05, 0.1) is 11.3 Å². The van der Waals surface area contributed by atoms with Gasteiger partial charge in [0.25, 0.3) is 0 Å². The Hall–Kier alpha value is -0.890. The number of nitrogens with zero attached hydrogens (tertiary/aromatic N) is 1. The van der Waals surface area contributed by atoms with Gasteiger partial charge >= 0.3 is 6.18 Å². The van der Waals surface area contributed by atoms with Crippen molar-refractivity contribution in [3.8, 4) is 0 Å². The van der Waals surface area contributed by atoms with Gasteiger partial charge in [-0.15, -0.1) is 11.8 Å². The second-order valence-electron chi connectivity index (χ2n) is 4.48. The van der Waals surface area contributed by atoms with Crippen molar-refractivity contribution < 1.29 is 22.4 Å². The molecule has 1 aromatic carbocycles. The van der Waals surface area contributed by atoms with Crippen LogP contribution >= 0.6 is 23.5 Å². The van der Waals surface area contributed by atoms with Gasteiger partial charge in [0.2, 0.25) is 5.91 Å². The van der Waals surface area contributed by atoms with Gasteiger partial charge < -0.3 is 4.90 Å². The summed E-state index contributed by atoms with van der Waals surface area (Å²) in [7, 11) is 0. The Morgan fingerprint density at radius 2 is 2.14 bits per heavy atom. The lowest BCUT2D eigenvalue weighted by Gasteiger charge is -2.24. The second kappa shape index (κ2) is 6.48. The third kappa shape index (κ3) is 3.66. The van der Waals surface area contributed by atoms with E-state index in [9.17, 15) is 22.4 Å². The molecule has 1 aromatic rings. The summed E-state index contributed by atoms with van der Waals surface area (Å²) in [5, 5.41) is -0.415. The SMILES string of the molecule is CSCCN1C(=O)CSC1c1ccc(C(F)(F)F)c(F)c1.